The highest BCUT2D eigenvalue weighted by Gasteiger charge is 2.28. The first-order valence-electron chi connectivity index (χ1n) is 7.62. The van der Waals surface area contributed by atoms with Crippen molar-refractivity contribution in [3.63, 3.8) is 0 Å². The van der Waals surface area contributed by atoms with Crippen LogP contribution in [0.5, 0.6) is 0 Å². The minimum atomic E-state index is -0.0754. The SMILES string of the molecule is CC(C)CCN(Cc1ccccc1C#CCO)C1CC1. The summed E-state index contributed by atoms with van der Waals surface area (Å²) in [5, 5.41) is 8.86. The first kappa shape index (κ1) is 15.1. The van der Waals surface area contributed by atoms with Gasteiger partial charge in [0.25, 0.3) is 0 Å². The summed E-state index contributed by atoms with van der Waals surface area (Å²) in [5.74, 6) is 6.58. The van der Waals surface area contributed by atoms with Gasteiger partial charge in [0.05, 0.1) is 0 Å². The summed E-state index contributed by atoms with van der Waals surface area (Å²) in [5.41, 5.74) is 2.33. The molecule has 1 fully saturated rings. The van der Waals surface area contributed by atoms with Crippen LogP contribution in [0.25, 0.3) is 0 Å². The molecule has 0 aromatic heterocycles. The van der Waals surface area contributed by atoms with E-state index in [1.807, 2.05) is 12.1 Å². The molecule has 0 saturated heterocycles. The van der Waals surface area contributed by atoms with Crippen LogP contribution in [0.1, 0.15) is 44.2 Å². The third kappa shape index (κ3) is 4.67. The second-order valence-electron chi connectivity index (χ2n) is 6.00. The molecule has 0 aliphatic heterocycles. The lowest BCUT2D eigenvalue weighted by Gasteiger charge is -2.23. The molecule has 1 aromatic carbocycles. The first-order valence-corrected chi connectivity index (χ1v) is 7.62. The Balaban J connectivity index is 2.06. The number of benzene rings is 1. The van der Waals surface area contributed by atoms with Gasteiger partial charge in [-0.3, -0.25) is 4.90 Å². The number of nitrogens with zero attached hydrogens (tertiary/aromatic N) is 1. The minimum Gasteiger partial charge on any atom is -0.384 e. The second kappa shape index (κ2) is 7.47. The van der Waals surface area contributed by atoms with Crippen LogP contribution in [0.2, 0.25) is 0 Å². The number of hydrogen-bond acceptors (Lipinski definition) is 2. The van der Waals surface area contributed by atoms with Gasteiger partial charge in [-0.05, 0) is 43.4 Å². The molecule has 1 N–H and O–H groups in total. The average molecular weight is 271 g/mol. The molecule has 2 rings (SSSR count). The molecule has 0 bridgehead atoms. The third-order valence-corrected chi connectivity index (χ3v) is 3.75. The molecule has 0 amide bonds. The summed E-state index contributed by atoms with van der Waals surface area (Å²) < 4.78 is 0. The predicted octanol–water partition coefficient (Wildman–Crippen LogP) is 3.04. The monoisotopic (exact) mass is 271 g/mol. The normalized spacial score (nSPS) is 14.4. The Labute approximate surface area is 122 Å². The molecule has 0 radical (unpaired) electrons. The lowest BCUT2D eigenvalue weighted by molar-refractivity contribution is 0.239. The van der Waals surface area contributed by atoms with Gasteiger partial charge < -0.3 is 5.11 Å². The molecule has 108 valence electrons. The largest absolute Gasteiger partial charge is 0.384 e. The van der Waals surface area contributed by atoms with E-state index in [9.17, 15) is 0 Å². The first-order chi connectivity index (χ1) is 9.70. The third-order valence-electron chi connectivity index (χ3n) is 3.75. The number of hydrogen-bond donors (Lipinski definition) is 1. The fourth-order valence-corrected chi connectivity index (χ4v) is 2.39. The van der Waals surface area contributed by atoms with Gasteiger partial charge in [0.2, 0.25) is 0 Å². The average Bonchev–Trinajstić information content (AvgIpc) is 3.26. The van der Waals surface area contributed by atoms with Gasteiger partial charge in [-0.25, -0.2) is 0 Å². The Bertz CT molecular complexity index is 480. The molecule has 2 nitrogen and oxygen atoms in total. The molecule has 20 heavy (non-hydrogen) atoms. The molecule has 1 saturated carbocycles. The van der Waals surface area contributed by atoms with Gasteiger partial charge in [-0.2, -0.15) is 0 Å². The van der Waals surface area contributed by atoms with E-state index in [1.165, 1.54) is 31.4 Å². The van der Waals surface area contributed by atoms with Crippen molar-refractivity contribution in [1.29, 1.82) is 0 Å². The van der Waals surface area contributed by atoms with Crippen LogP contribution in [0.4, 0.5) is 0 Å². The highest BCUT2D eigenvalue weighted by molar-refractivity contribution is 5.41. The molecular weight excluding hydrogens is 246 g/mol. The van der Waals surface area contributed by atoms with Crippen molar-refractivity contribution in [2.45, 2.75) is 45.7 Å². The van der Waals surface area contributed by atoms with Crippen molar-refractivity contribution in [3.05, 3.63) is 35.4 Å². The topological polar surface area (TPSA) is 23.5 Å². The van der Waals surface area contributed by atoms with E-state index in [0.717, 1.165) is 24.1 Å². The maximum absolute atomic E-state index is 8.86. The quantitative estimate of drug-likeness (QED) is 0.804. The Morgan fingerprint density at radius 2 is 2.05 bits per heavy atom. The maximum Gasteiger partial charge on any atom is 0.104 e. The zero-order valence-electron chi connectivity index (χ0n) is 12.6. The molecule has 2 heteroatoms. The summed E-state index contributed by atoms with van der Waals surface area (Å²) in [7, 11) is 0. The lowest BCUT2D eigenvalue weighted by atomic mass is 10.1. The van der Waals surface area contributed by atoms with Crippen molar-refractivity contribution in [2.24, 2.45) is 5.92 Å². The number of rotatable bonds is 6. The van der Waals surface area contributed by atoms with E-state index in [4.69, 9.17) is 5.11 Å². The van der Waals surface area contributed by atoms with E-state index >= 15 is 0 Å². The number of aliphatic hydroxyl groups is 1. The second-order valence-corrected chi connectivity index (χ2v) is 6.00. The molecule has 0 heterocycles. The lowest BCUT2D eigenvalue weighted by Crippen LogP contribution is -2.27. The van der Waals surface area contributed by atoms with E-state index in [-0.39, 0.29) is 6.61 Å². The molecule has 0 atom stereocenters. The Kier molecular flexibility index (Phi) is 5.64. The van der Waals surface area contributed by atoms with Crippen LogP contribution in [0, 0.1) is 17.8 Å². The summed E-state index contributed by atoms with van der Waals surface area (Å²) in [6.07, 6.45) is 3.92. The smallest absolute Gasteiger partial charge is 0.104 e. The van der Waals surface area contributed by atoms with Crippen LogP contribution in [-0.2, 0) is 6.54 Å². The molecule has 1 aromatic rings. The molecule has 1 aliphatic carbocycles. The van der Waals surface area contributed by atoms with Gasteiger partial charge in [0.1, 0.15) is 6.61 Å². The predicted molar refractivity (Wildman–Crippen MR) is 83.3 cm³/mol. The van der Waals surface area contributed by atoms with Crippen molar-refractivity contribution >= 4 is 0 Å². The van der Waals surface area contributed by atoms with Crippen molar-refractivity contribution < 1.29 is 5.11 Å². The van der Waals surface area contributed by atoms with Gasteiger partial charge in [-0.15, -0.1) is 0 Å². The minimum absolute atomic E-state index is 0.0754. The molecule has 0 spiro atoms. The van der Waals surface area contributed by atoms with Crippen LogP contribution in [-0.4, -0.2) is 29.2 Å². The zero-order chi connectivity index (χ0) is 14.4. The van der Waals surface area contributed by atoms with Crippen LogP contribution in [0.3, 0.4) is 0 Å². The van der Waals surface area contributed by atoms with Gasteiger partial charge in [0, 0.05) is 18.2 Å². The summed E-state index contributed by atoms with van der Waals surface area (Å²) in [4.78, 5) is 2.60. The van der Waals surface area contributed by atoms with Crippen LogP contribution in [0.15, 0.2) is 24.3 Å². The molecule has 1 aliphatic rings. The van der Waals surface area contributed by atoms with E-state index in [2.05, 4.69) is 42.7 Å². The van der Waals surface area contributed by atoms with Crippen LogP contribution >= 0.6 is 0 Å². The van der Waals surface area contributed by atoms with E-state index in [1.54, 1.807) is 0 Å². The molecular formula is C18H25NO. The Morgan fingerprint density at radius 1 is 1.30 bits per heavy atom. The fraction of sp³-hybridized carbons (Fsp3) is 0.556. The van der Waals surface area contributed by atoms with E-state index < -0.39 is 0 Å². The Morgan fingerprint density at radius 3 is 2.70 bits per heavy atom. The highest BCUT2D eigenvalue weighted by Crippen LogP contribution is 2.29. The van der Waals surface area contributed by atoms with E-state index in [0.29, 0.717) is 0 Å². The summed E-state index contributed by atoms with van der Waals surface area (Å²) >= 11 is 0. The maximum atomic E-state index is 8.86. The Hall–Kier alpha value is -1.30. The van der Waals surface area contributed by atoms with Crippen molar-refractivity contribution in [2.75, 3.05) is 13.2 Å². The van der Waals surface area contributed by atoms with Gasteiger partial charge in [0.15, 0.2) is 0 Å². The van der Waals surface area contributed by atoms with Crippen LogP contribution < -0.4 is 0 Å². The van der Waals surface area contributed by atoms with Gasteiger partial charge in [-0.1, -0.05) is 43.9 Å². The zero-order valence-corrected chi connectivity index (χ0v) is 12.6. The number of aliphatic hydroxyl groups excluding tert-OH is 1. The molecule has 0 unspecified atom stereocenters. The van der Waals surface area contributed by atoms with Crippen molar-refractivity contribution in [3.8, 4) is 11.8 Å². The highest BCUT2D eigenvalue weighted by atomic mass is 16.2. The van der Waals surface area contributed by atoms with Crippen molar-refractivity contribution in [1.82, 2.24) is 4.90 Å². The standard InChI is InChI=1S/C18H25NO/c1-15(2)11-12-19(18-9-10-18)14-17-7-4-3-6-16(17)8-5-13-20/h3-4,6-7,15,18,20H,9-14H2,1-2H3. The fourth-order valence-electron chi connectivity index (χ4n) is 2.39. The summed E-state index contributed by atoms with van der Waals surface area (Å²) in [6.45, 7) is 6.64. The summed E-state index contributed by atoms with van der Waals surface area (Å²) in [6, 6.07) is 9.07. The van der Waals surface area contributed by atoms with Gasteiger partial charge >= 0.3 is 0 Å².